The average Bonchev–Trinajstić information content (AvgIpc) is 2.79. The zero-order chi connectivity index (χ0) is 23.8. The van der Waals surface area contributed by atoms with Crippen LogP contribution in [0.15, 0.2) is 84.9 Å². The molecule has 3 rings (SSSR count). The predicted molar refractivity (Wildman–Crippen MR) is 122 cm³/mol. The van der Waals surface area contributed by atoms with Crippen molar-refractivity contribution in [3.8, 4) is 0 Å². The number of benzene rings is 3. The van der Waals surface area contributed by atoms with Gasteiger partial charge in [0, 0.05) is 0 Å². The average molecular weight is 584 g/mol. The van der Waals surface area contributed by atoms with Crippen molar-refractivity contribution in [2.24, 2.45) is 0 Å². The van der Waals surface area contributed by atoms with Crippen LogP contribution in [-0.2, 0) is 39.3 Å². The van der Waals surface area contributed by atoms with Gasteiger partial charge >= 0.3 is 33.2 Å². The van der Waals surface area contributed by atoms with Gasteiger partial charge in [0.1, 0.15) is 0 Å². The zero-order valence-electron chi connectivity index (χ0n) is 17.5. The summed E-state index contributed by atoms with van der Waals surface area (Å²) in [5.41, 5.74) is 9.10. The van der Waals surface area contributed by atoms with E-state index in [9.17, 15) is 21.6 Å². The molecule has 33 heavy (non-hydrogen) atoms. The summed E-state index contributed by atoms with van der Waals surface area (Å²) < 4.78 is 67.6. The van der Waals surface area contributed by atoms with E-state index in [1.165, 1.54) is 0 Å². The van der Waals surface area contributed by atoms with Crippen LogP contribution in [0.1, 0.15) is 34.3 Å². The Bertz CT molecular complexity index is 1070. The van der Waals surface area contributed by atoms with Crippen LogP contribution in [0.5, 0.6) is 0 Å². The molecule has 0 aliphatic heterocycles. The van der Waals surface area contributed by atoms with Crippen molar-refractivity contribution in [3.05, 3.63) is 125 Å². The van der Waals surface area contributed by atoms with Crippen molar-refractivity contribution in [1.29, 1.82) is 0 Å². The Morgan fingerprint density at radius 2 is 1.30 bits per heavy atom. The molecule has 178 valence electrons. The number of rotatable bonds is 7. The number of sulfonamides is 1. The monoisotopic (exact) mass is 584 g/mol. The van der Waals surface area contributed by atoms with Crippen molar-refractivity contribution < 1.29 is 38.9 Å². The molecule has 3 aromatic carbocycles. The van der Waals surface area contributed by atoms with Crippen molar-refractivity contribution in [1.82, 2.24) is 0 Å². The molecule has 0 heterocycles. The number of hydrogen-bond donors (Lipinski definition) is 0. The Labute approximate surface area is 207 Å². The Morgan fingerprint density at radius 1 is 0.848 bits per heavy atom. The van der Waals surface area contributed by atoms with Gasteiger partial charge in [-0.1, -0.05) is 83.9 Å². The summed E-state index contributed by atoms with van der Waals surface area (Å²) in [5, 5.41) is 0. The molecule has 3 aromatic rings. The van der Waals surface area contributed by atoms with Gasteiger partial charge in [0.25, 0.3) is 0 Å². The number of hydrogen-bond acceptors (Lipinski definition) is 2. The fourth-order valence-electron chi connectivity index (χ4n) is 3.02. The minimum Gasteiger partial charge on any atom is -0.672 e. The van der Waals surface area contributed by atoms with Crippen LogP contribution >= 0.6 is 9.69 Å². The molecule has 0 amide bonds. The van der Waals surface area contributed by atoms with Gasteiger partial charge in [-0.3, -0.25) is 0 Å². The van der Waals surface area contributed by atoms with E-state index in [2.05, 4.69) is 14.4 Å². The third-order valence-corrected chi connectivity index (χ3v) is 5.77. The SMILES string of the molecule is [CH3-].[Cl][Ru+3].[NH-]C(c1ccccc1)C([N-]S(=O)(=O)Cc1ccc(C(F)(F)F)cc1)c1ccccc1. The Hall–Kier alpha value is -1.77. The molecule has 0 aliphatic carbocycles. The molecule has 0 bridgehead atoms. The minimum absolute atomic E-state index is 0. The van der Waals surface area contributed by atoms with E-state index in [1.54, 1.807) is 60.7 Å². The smallest absolute Gasteiger partial charge is 0.416 e. The van der Waals surface area contributed by atoms with Gasteiger partial charge < -0.3 is 17.9 Å². The first-order valence-electron chi connectivity index (χ1n) is 9.21. The van der Waals surface area contributed by atoms with Gasteiger partial charge in [-0.2, -0.15) is 13.2 Å². The fraction of sp³-hybridized carbons (Fsp3) is 0.174. The first-order chi connectivity index (χ1) is 15.2. The Balaban J connectivity index is 0.00000177. The fourth-order valence-corrected chi connectivity index (χ4v) is 4.30. The van der Waals surface area contributed by atoms with Crippen molar-refractivity contribution >= 4 is 19.7 Å². The summed E-state index contributed by atoms with van der Waals surface area (Å²) in [4.78, 5) is 0. The zero-order valence-corrected chi connectivity index (χ0v) is 20.8. The Kier molecular flexibility index (Phi) is 11.7. The van der Waals surface area contributed by atoms with E-state index in [0.717, 1.165) is 24.3 Å². The van der Waals surface area contributed by atoms with E-state index in [1.807, 2.05) is 17.3 Å². The first kappa shape index (κ1) is 29.3. The maximum atomic E-state index is 12.7. The second kappa shape index (κ2) is 13.2. The number of nitrogens with zero attached hydrogens (tertiary/aromatic N) is 1. The van der Waals surface area contributed by atoms with E-state index >= 15 is 0 Å². The second-order valence-corrected chi connectivity index (χ2v) is 8.43. The summed E-state index contributed by atoms with van der Waals surface area (Å²) in [6.45, 7) is 0. The molecule has 0 aliphatic rings. The summed E-state index contributed by atoms with van der Waals surface area (Å²) in [5.74, 6) is -0.546. The largest absolute Gasteiger partial charge is 0.672 e. The van der Waals surface area contributed by atoms with Gasteiger partial charge in [-0.25, -0.2) is 8.42 Å². The molecule has 2 unspecified atom stereocenters. The Morgan fingerprint density at radius 3 is 1.76 bits per heavy atom. The molecule has 0 spiro atoms. The van der Waals surface area contributed by atoms with E-state index in [0.29, 0.717) is 11.1 Å². The number of halogens is 4. The van der Waals surface area contributed by atoms with Crippen molar-refractivity contribution in [3.63, 3.8) is 0 Å². The van der Waals surface area contributed by atoms with Crippen molar-refractivity contribution in [2.75, 3.05) is 0 Å². The van der Waals surface area contributed by atoms with Gasteiger partial charge in [0.05, 0.1) is 21.3 Å². The van der Waals surface area contributed by atoms with Crippen molar-refractivity contribution in [2.45, 2.75) is 24.0 Å². The van der Waals surface area contributed by atoms with Crippen LogP contribution in [0.2, 0.25) is 0 Å². The molecule has 0 radical (unpaired) electrons. The van der Waals surface area contributed by atoms with Crippen LogP contribution in [0.3, 0.4) is 0 Å². The quantitative estimate of drug-likeness (QED) is 0.212. The maximum absolute atomic E-state index is 12.7. The summed E-state index contributed by atoms with van der Waals surface area (Å²) in [7, 11) is 0.509. The molecule has 0 saturated heterocycles. The molecule has 0 aromatic heterocycles. The third-order valence-electron chi connectivity index (χ3n) is 4.52. The molecule has 4 nitrogen and oxygen atoms in total. The summed E-state index contributed by atoms with van der Waals surface area (Å²) >= 11 is 1.82. The second-order valence-electron chi connectivity index (χ2n) is 6.77. The summed E-state index contributed by atoms with van der Waals surface area (Å²) in [6.07, 6.45) is -4.49. The standard InChI is InChI=1S/C22H19F3N2O2S.CH3.ClH.Ru/c23-22(24,25)19-13-11-16(12-14-19)15-30(28,29)27-21(18-9-5-2-6-10-18)20(26)17-7-3-1-4-8-17;;;/h1-14,20-21,26H,15H2;1H3;1H;/q-2;-1;;+4/p-1. The topological polar surface area (TPSA) is 72.0 Å². The minimum atomic E-state index is -4.49. The number of nitrogens with one attached hydrogen (secondary N) is 1. The molecule has 0 fully saturated rings. The van der Waals surface area contributed by atoms with E-state index < -0.39 is 39.6 Å². The first-order valence-corrected chi connectivity index (χ1v) is 13.1. The third kappa shape index (κ3) is 8.83. The van der Waals surface area contributed by atoms with Gasteiger partial charge in [0.15, 0.2) is 0 Å². The normalized spacial score (nSPS) is 13.1. The molecular weight excluding hydrogens is 562 g/mol. The van der Waals surface area contributed by atoms with Crippen LogP contribution < -0.4 is 0 Å². The van der Waals surface area contributed by atoms with Crippen LogP contribution in [-0.4, -0.2) is 8.42 Å². The number of alkyl halides is 3. The van der Waals surface area contributed by atoms with Gasteiger partial charge in [-0.05, 0) is 17.7 Å². The van der Waals surface area contributed by atoms with E-state index in [-0.39, 0.29) is 13.0 Å². The van der Waals surface area contributed by atoms with Crippen LogP contribution in [0.25, 0.3) is 10.5 Å². The molecular formula is C23H22ClF3N2O2RuS. The summed E-state index contributed by atoms with van der Waals surface area (Å²) in [6, 6.07) is 19.4. The van der Waals surface area contributed by atoms with Gasteiger partial charge in [-0.15, -0.1) is 12.1 Å². The molecule has 0 saturated carbocycles. The molecule has 1 N–H and O–H groups in total. The van der Waals surface area contributed by atoms with E-state index in [4.69, 9.17) is 5.73 Å². The maximum Gasteiger partial charge on any atom is 0.416 e. The van der Waals surface area contributed by atoms with Gasteiger partial charge in [0.2, 0.25) is 0 Å². The van der Waals surface area contributed by atoms with Crippen LogP contribution in [0.4, 0.5) is 13.2 Å². The van der Waals surface area contributed by atoms with Crippen LogP contribution in [0, 0.1) is 7.43 Å². The predicted octanol–water partition coefficient (Wildman–Crippen LogP) is 7.58. The molecule has 2 atom stereocenters. The molecule has 10 heteroatoms.